The van der Waals surface area contributed by atoms with Crippen LogP contribution < -0.4 is 5.32 Å². The Bertz CT molecular complexity index is 428. The van der Waals surface area contributed by atoms with Gasteiger partial charge in [-0.1, -0.05) is 0 Å². The largest absolute Gasteiger partial charge is 0.450 e. The molecule has 0 saturated carbocycles. The Kier molecular flexibility index (Phi) is 3.68. The third-order valence-corrected chi connectivity index (χ3v) is 3.21. The number of rotatable bonds is 2. The summed E-state index contributed by atoms with van der Waals surface area (Å²) in [5.74, 6) is -1.71. The Hall–Kier alpha value is -2.12. The molecule has 0 aromatic rings. The van der Waals surface area contributed by atoms with Crippen LogP contribution in [0.5, 0.6) is 0 Å². The standard InChI is InChI=1S/C11H15N3O5/c1-2-19-11(18)13-5-3-7(4-6-13)14-9(16)8(15)12-10(14)17/h7H,2-6H2,1H3,(H,12,15,17). The van der Waals surface area contributed by atoms with Crippen LogP contribution in [0.15, 0.2) is 0 Å². The molecule has 1 N–H and O–H groups in total. The molecule has 2 heterocycles. The van der Waals surface area contributed by atoms with Crippen molar-refractivity contribution in [3.8, 4) is 0 Å². The summed E-state index contributed by atoms with van der Waals surface area (Å²) in [5.41, 5.74) is 0. The summed E-state index contributed by atoms with van der Waals surface area (Å²) in [7, 11) is 0. The average molecular weight is 269 g/mol. The number of hydrogen-bond acceptors (Lipinski definition) is 5. The van der Waals surface area contributed by atoms with Crippen molar-refractivity contribution in [3.05, 3.63) is 0 Å². The number of nitrogens with one attached hydrogen (secondary N) is 1. The Morgan fingerprint density at radius 1 is 1.32 bits per heavy atom. The molecule has 0 aliphatic carbocycles. The number of urea groups is 1. The molecular weight excluding hydrogens is 254 g/mol. The van der Waals surface area contributed by atoms with Crippen LogP contribution in [0.2, 0.25) is 0 Å². The lowest BCUT2D eigenvalue weighted by molar-refractivity contribution is -0.141. The van der Waals surface area contributed by atoms with Crippen LogP contribution in [0.25, 0.3) is 0 Å². The topological polar surface area (TPSA) is 96.0 Å². The molecule has 0 radical (unpaired) electrons. The summed E-state index contributed by atoms with van der Waals surface area (Å²) < 4.78 is 4.87. The van der Waals surface area contributed by atoms with E-state index in [1.54, 1.807) is 6.92 Å². The molecule has 2 aliphatic heterocycles. The zero-order valence-electron chi connectivity index (χ0n) is 10.5. The second-order valence-electron chi connectivity index (χ2n) is 4.35. The van der Waals surface area contributed by atoms with Gasteiger partial charge in [0, 0.05) is 19.1 Å². The van der Waals surface area contributed by atoms with E-state index in [9.17, 15) is 19.2 Å². The van der Waals surface area contributed by atoms with Gasteiger partial charge in [-0.05, 0) is 19.8 Å². The van der Waals surface area contributed by atoms with Crippen molar-refractivity contribution < 1.29 is 23.9 Å². The van der Waals surface area contributed by atoms with Crippen LogP contribution in [0, 0.1) is 0 Å². The molecule has 0 aromatic carbocycles. The van der Waals surface area contributed by atoms with Gasteiger partial charge in [-0.2, -0.15) is 0 Å². The first-order valence-corrected chi connectivity index (χ1v) is 6.14. The second-order valence-corrected chi connectivity index (χ2v) is 4.35. The number of nitrogens with zero attached hydrogens (tertiary/aromatic N) is 2. The lowest BCUT2D eigenvalue weighted by atomic mass is 10.0. The van der Waals surface area contributed by atoms with Gasteiger partial charge in [-0.3, -0.25) is 19.8 Å². The van der Waals surface area contributed by atoms with E-state index in [0.29, 0.717) is 32.5 Å². The van der Waals surface area contributed by atoms with Crippen LogP contribution in [0.4, 0.5) is 9.59 Å². The highest BCUT2D eigenvalue weighted by Gasteiger charge is 2.42. The quantitative estimate of drug-likeness (QED) is 0.547. The Morgan fingerprint density at radius 2 is 1.95 bits per heavy atom. The molecule has 2 fully saturated rings. The molecule has 0 unspecified atom stereocenters. The molecule has 8 nitrogen and oxygen atoms in total. The maximum absolute atomic E-state index is 11.5. The molecule has 5 amide bonds. The maximum Gasteiger partial charge on any atom is 0.409 e. The Labute approximate surface area is 109 Å². The molecule has 0 aromatic heterocycles. The predicted octanol–water partition coefficient (Wildman–Crippen LogP) is -0.314. The molecule has 2 aliphatic rings. The summed E-state index contributed by atoms with van der Waals surface area (Å²) in [5, 5.41) is 1.96. The summed E-state index contributed by atoms with van der Waals surface area (Å²) in [4.78, 5) is 48.1. The fraction of sp³-hybridized carbons (Fsp3) is 0.636. The average Bonchev–Trinajstić information content (AvgIpc) is 2.64. The third-order valence-electron chi connectivity index (χ3n) is 3.21. The fourth-order valence-electron chi connectivity index (χ4n) is 2.27. The second kappa shape index (κ2) is 5.25. The fourth-order valence-corrected chi connectivity index (χ4v) is 2.27. The molecule has 0 atom stereocenters. The van der Waals surface area contributed by atoms with Gasteiger partial charge in [0.2, 0.25) is 0 Å². The van der Waals surface area contributed by atoms with Crippen LogP contribution in [-0.4, -0.2) is 59.5 Å². The highest BCUT2D eigenvalue weighted by molar-refractivity contribution is 6.44. The summed E-state index contributed by atoms with van der Waals surface area (Å²) in [6, 6.07) is -1.02. The molecule has 19 heavy (non-hydrogen) atoms. The third kappa shape index (κ3) is 2.51. The molecule has 8 heteroatoms. The lowest BCUT2D eigenvalue weighted by Crippen LogP contribution is -2.49. The van der Waals surface area contributed by atoms with Gasteiger partial charge in [0.05, 0.1) is 6.61 Å². The smallest absolute Gasteiger partial charge is 0.409 e. The van der Waals surface area contributed by atoms with Crippen molar-refractivity contribution in [2.24, 2.45) is 0 Å². The SMILES string of the molecule is CCOC(=O)N1CCC(N2C(=O)NC(=O)C2=O)CC1. The number of amides is 5. The van der Waals surface area contributed by atoms with Crippen molar-refractivity contribution in [1.82, 2.24) is 15.1 Å². The number of carbonyl (C=O) groups is 4. The van der Waals surface area contributed by atoms with Crippen molar-refractivity contribution in [1.29, 1.82) is 0 Å². The number of ether oxygens (including phenoxy) is 1. The van der Waals surface area contributed by atoms with Crippen LogP contribution in [0.3, 0.4) is 0 Å². The Balaban J connectivity index is 1.93. The zero-order valence-corrected chi connectivity index (χ0v) is 10.5. The van der Waals surface area contributed by atoms with E-state index in [-0.39, 0.29) is 6.04 Å². The maximum atomic E-state index is 11.5. The van der Waals surface area contributed by atoms with Gasteiger partial charge in [0.1, 0.15) is 0 Å². The van der Waals surface area contributed by atoms with Gasteiger partial charge in [-0.25, -0.2) is 9.59 Å². The van der Waals surface area contributed by atoms with Gasteiger partial charge in [0.15, 0.2) is 0 Å². The number of carbonyl (C=O) groups excluding carboxylic acids is 4. The summed E-state index contributed by atoms with van der Waals surface area (Å²) >= 11 is 0. The minimum absolute atomic E-state index is 0.306. The number of piperidine rings is 1. The Morgan fingerprint density at radius 3 is 2.42 bits per heavy atom. The highest BCUT2D eigenvalue weighted by atomic mass is 16.6. The number of hydrogen-bond donors (Lipinski definition) is 1. The molecule has 2 saturated heterocycles. The van der Waals surface area contributed by atoms with E-state index in [2.05, 4.69) is 0 Å². The minimum Gasteiger partial charge on any atom is -0.450 e. The number of imide groups is 2. The van der Waals surface area contributed by atoms with Crippen LogP contribution in [0.1, 0.15) is 19.8 Å². The molecular formula is C11H15N3O5. The normalized spacial score (nSPS) is 20.8. The van der Waals surface area contributed by atoms with Gasteiger partial charge >= 0.3 is 23.9 Å². The lowest BCUT2D eigenvalue weighted by Gasteiger charge is -2.34. The van der Waals surface area contributed by atoms with Crippen molar-refractivity contribution in [2.75, 3.05) is 19.7 Å². The minimum atomic E-state index is -0.891. The van der Waals surface area contributed by atoms with E-state index in [0.717, 1.165) is 4.90 Å². The predicted molar refractivity (Wildman–Crippen MR) is 62.0 cm³/mol. The van der Waals surface area contributed by atoms with Crippen molar-refractivity contribution >= 4 is 23.9 Å². The van der Waals surface area contributed by atoms with Crippen molar-refractivity contribution in [2.45, 2.75) is 25.8 Å². The van der Waals surface area contributed by atoms with E-state index >= 15 is 0 Å². The van der Waals surface area contributed by atoms with E-state index < -0.39 is 23.9 Å². The van der Waals surface area contributed by atoms with Crippen molar-refractivity contribution in [3.63, 3.8) is 0 Å². The van der Waals surface area contributed by atoms with E-state index in [1.165, 1.54) is 4.90 Å². The highest BCUT2D eigenvalue weighted by Crippen LogP contribution is 2.19. The van der Waals surface area contributed by atoms with E-state index in [4.69, 9.17) is 4.74 Å². The molecule has 104 valence electrons. The molecule has 0 bridgehead atoms. The molecule has 0 spiro atoms. The van der Waals surface area contributed by atoms with Crippen LogP contribution >= 0.6 is 0 Å². The summed E-state index contributed by atoms with van der Waals surface area (Å²) in [6.45, 7) is 2.83. The van der Waals surface area contributed by atoms with Gasteiger partial charge in [-0.15, -0.1) is 0 Å². The summed E-state index contributed by atoms with van der Waals surface area (Å²) in [6.07, 6.45) is 0.505. The zero-order chi connectivity index (χ0) is 14.0. The van der Waals surface area contributed by atoms with E-state index in [1.807, 2.05) is 5.32 Å². The van der Waals surface area contributed by atoms with Crippen LogP contribution in [-0.2, 0) is 14.3 Å². The first-order chi connectivity index (χ1) is 9.04. The monoisotopic (exact) mass is 269 g/mol. The number of likely N-dealkylation sites (tertiary alicyclic amines) is 1. The first kappa shape index (κ1) is 13.3. The molecule has 2 rings (SSSR count). The first-order valence-electron chi connectivity index (χ1n) is 6.14. The van der Waals surface area contributed by atoms with Gasteiger partial charge in [0.25, 0.3) is 0 Å². The van der Waals surface area contributed by atoms with Gasteiger partial charge < -0.3 is 9.64 Å².